The van der Waals surface area contributed by atoms with E-state index < -0.39 is 0 Å². The molecule has 1 nitrogen and oxygen atoms in total. The predicted octanol–water partition coefficient (Wildman–Crippen LogP) is 4.99. The van der Waals surface area contributed by atoms with Crippen LogP contribution in [0.2, 0.25) is 10.0 Å². The van der Waals surface area contributed by atoms with Crippen LogP contribution in [0.25, 0.3) is 0 Å². The minimum Gasteiger partial charge on any atom is -0.313 e. The van der Waals surface area contributed by atoms with Crippen molar-refractivity contribution in [3.05, 3.63) is 68.7 Å². The van der Waals surface area contributed by atoms with Crippen LogP contribution in [0, 0.1) is 0 Å². The molecule has 110 valence electrons. The molecule has 21 heavy (non-hydrogen) atoms. The standard InChI is InChI=1S/C18H19Cl2N/c1-21-17(15-6-3-7-16(19)18(15)20)11-12-8-9-13-4-2-5-14(13)10-12/h3,6-10,17,21H,2,4-5,11H2,1H3. The molecule has 1 aliphatic rings. The molecule has 1 aliphatic carbocycles. The SMILES string of the molecule is CNC(Cc1ccc2c(c1)CCC2)c1cccc(Cl)c1Cl. The summed E-state index contributed by atoms with van der Waals surface area (Å²) < 4.78 is 0. The average Bonchev–Trinajstić information content (AvgIpc) is 2.95. The second-order valence-electron chi connectivity index (χ2n) is 5.65. The highest BCUT2D eigenvalue weighted by Crippen LogP contribution is 2.32. The van der Waals surface area contributed by atoms with Gasteiger partial charge in [0, 0.05) is 6.04 Å². The molecule has 2 aromatic carbocycles. The lowest BCUT2D eigenvalue weighted by molar-refractivity contribution is 0.592. The number of aryl methyl sites for hydroxylation is 2. The molecular formula is C18H19Cl2N. The van der Waals surface area contributed by atoms with Gasteiger partial charge in [0.1, 0.15) is 0 Å². The van der Waals surface area contributed by atoms with E-state index in [2.05, 4.69) is 23.5 Å². The van der Waals surface area contributed by atoms with Gasteiger partial charge in [-0.15, -0.1) is 0 Å². The maximum absolute atomic E-state index is 6.35. The molecule has 0 aromatic heterocycles. The second-order valence-corrected chi connectivity index (χ2v) is 6.43. The Labute approximate surface area is 136 Å². The minimum atomic E-state index is 0.177. The molecule has 0 radical (unpaired) electrons. The molecule has 0 aliphatic heterocycles. The van der Waals surface area contributed by atoms with Gasteiger partial charge in [0.2, 0.25) is 0 Å². The summed E-state index contributed by atoms with van der Waals surface area (Å²) in [6.07, 6.45) is 4.65. The maximum atomic E-state index is 6.35. The Balaban J connectivity index is 1.86. The highest BCUT2D eigenvalue weighted by atomic mass is 35.5. The largest absolute Gasteiger partial charge is 0.313 e. The number of benzene rings is 2. The van der Waals surface area contributed by atoms with Crippen molar-refractivity contribution < 1.29 is 0 Å². The zero-order valence-corrected chi connectivity index (χ0v) is 13.6. The van der Waals surface area contributed by atoms with Crippen LogP contribution >= 0.6 is 23.2 Å². The summed E-state index contributed by atoms with van der Waals surface area (Å²) in [5.74, 6) is 0. The third-order valence-electron chi connectivity index (χ3n) is 4.31. The average molecular weight is 320 g/mol. The summed E-state index contributed by atoms with van der Waals surface area (Å²) in [6, 6.07) is 12.9. The van der Waals surface area contributed by atoms with Crippen molar-refractivity contribution in [2.75, 3.05) is 7.05 Å². The molecule has 1 atom stereocenters. The predicted molar refractivity (Wildman–Crippen MR) is 90.4 cm³/mol. The lowest BCUT2D eigenvalue weighted by Gasteiger charge is -2.19. The molecule has 1 unspecified atom stereocenters. The van der Waals surface area contributed by atoms with Crippen LogP contribution in [-0.2, 0) is 19.3 Å². The summed E-state index contributed by atoms with van der Waals surface area (Å²) in [5.41, 5.74) is 5.44. The highest BCUT2D eigenvalue weighted by molar-refractivity contribution is 6.42. The highest BCUT2D eigenvalue weighted by Gasteiger charge is 2.17. The monoisotopic (exact) mass is 319 g/mol. The van der Waals surface area contributed by atoms with Crippen molar-refractivity contribution in [3.63, 3.8) is 0 Å². The van der Waals surface area contributed by atoms with Gasteiger partial charge in [-0.25, -0.2) is 0 Å². The van der Waals surface area contributed by atoms with Crippen LogP contribution in [0.4, 0.5) is 0 Å². The maximum Gasteiger partial charge on any atom is 0.0640 e. The fraction of sp³-hybridized carbons (Fsp3) is 0.333. The van der Waals surface area contributed by atoms with E-state index in [1.54, 1.807) is 0 Å². The van der Waals surface area contributed by atoms with Crippen LogP contribution in [0.5, 0.6) is 0 Å². The Bertz CT molecular complexity index is 652. The van der Waals surface area contributed by atoms with E-state index in [1.165, 1.54) is 36.0 Å². The summed E-state index contributed by atoms with van der Waals surface area (Å²) in [5, 5.41) is 4.63. The van der Waals surface area contributed by atoms with Crippen molar-refractivity contribution in [3.8, 4) is 0 Å². The van der Waals surface area contributed by atoms with Crippen LogP contribution in [0.1, 0.15) is 34.7 Å². The summed E-state index contributed by atoms with van der Waals surface area (Å²) in [6.45, 7) is 0. The summed E-state index contributed by atoms with van der Waals surface area (Å²) in [4.78, 5) is 0. The number of fused-ring (bicyclic) bond motifs is 1. The molecule has 3 rings (SSSR count). The zero-order valence-electron chi connectivity index (χ0n) is 12.1. The van der Waals surface area contributed by atoms with Gasteiger partial charge in [-0.05, 0) is 61.1 Å². The first kappa shape index (κ1) is 14.9. The molecule has 0 saturated carbocycles. The molecule has 0 amide bonds. The van der Waals surface area contributed by atoms with Crippen LogP contribution < -0.4 is 5.32 Å². The van der Waals surface area contributed by atoms with Crippen LogP contribution in [-0.4, -0.2) is 7.05 Å². The van der Waals surface area contributed by atoms with Crippen molar-refractivity contribution in [1.29, 1.82) is 0 Å². The minimum absolute atomic E-state index is 0.177. The topological polar surface area (TPSA) is 12.0 Å². The van der Waals surface area contributed by atoms with Crippen molar-refractivity contribution >= 4 is 23.2 Å². The van der Waals surface area contributed by atoms with E-state index in [0.717, 1.165) is 12.0 Å². The molecule has 0 saturated heterocycles. The fourth-order valence-electron chi connectivity index (χ4n) is 3.14. The van der Waals surface area contributed by atoms with Gasteiger partial charge < -0.3 is 5.32 Å². The fourth-order valence-corrected chi connectivity index (χ4v) is 3.58. The number of rotatable bonds is 4. The summed E-state index contributed by atoms with van der Waals surface area (Å²) in [7, 11) is 1.97. The Morgan fingerprint density at radius 3 is 2.71 bits per heavy atom. The third kappa shape index (κ3) is 3.11. The van der Waals surface area contributed by atoms with E-state index >= 15 is 0 Å². The Hall–Kier alpha value is -1.02. The van der Waals surface area contributed by atoms with E-state index in [4.69, 9.17) is 23.2 Å². The Kier molecular flexibility index (Phi) is 4.54. The van der Waals surface area contributed by atoms with E-state index in [9.17, 15) is 0 Å². The normalized spacial score (nSPS) is 15.0. The molecular weight excluding hydrogens is 301 g/mol. The number of nitrogens with one attached hydrogen (secondary N) is 1. The van der Waals surface area contributed by atoms with Gasteiger partial charge in [-0.2, -0.15) is 0 Å². The van der Waals surface area contributed by atoms with E-state index in [0.29, 0.717) is 10.0 Å². The van der Waals surface area contributed by atoms with Crippen molar-refractivity contribution in [1.82, 2.24) is 5.32 Å². The third-order valence-corrected chi connectivity index (χ3v) is 5.14. The van der Waals surface area contributed by atoms with E-state index in [1.807, 2.05) is 25.2 Å². The lowest BCUT2D eigenvalue weighted by atomic mass is 9.96. The number of halogens is 2. The first-order valence-electron chi connectivity index (χ1n) is 7.41. The van der Waals surface area contributed by atoms with Gasteiger partial charge in [0.15, 0.2) is 0 Å². The zero-order chi connectivity index (χ0) is 14.8. The molecule has 1 N–H and O–H groups in total. The quantitative estimate of drug-likeness (QED) is 0.837. The first-order chi connectivity index (χ1) is 10.2. The van der Waals surface area contributed by atoms with Crippen molar-refractivity contribution in [2.24, 2.45) is 0 Å². The number of hydrogen-bond donors (Lipinski definition) is 1. The number of hydrogen-bond acceptors (Lipinski definition) is 1. The van der Waals surface area contributed by atoms with Crippen LogP contribution in [0.15, 0.2) is 36.4 Å². The van der Waals surface area contributed by atoms with Crippen molar-refractivity contribution in [2.45, 2.75) is 31.7 Å². The number of likely N-dealkylation sites (N-methyl/N-ethyl adjacent to an activating group) is 1. The molecule has 0 bridgehead atoms. The van der Waals surface area contributed by atoms with Gasteiger partial charge >= 0.3 is 0 Å². The van der Waals surface area contributed by atoms with Gasteiger partial charge in [-0.3, -0.25) is 0 Å². The molecule has 2 aromatic rings. The van der Waals surface area contributed by atoms with E-state index in [-0.39, 0.29) is 6.04 Å². The van der Waals surface area contributed by atoms with Gasteiger partial charge in [-0.1, -0.05) is 53.5 Å². The second kappa shape index (κ2) is 6.39. The Morgan fingerprint density at radius 1 is 1.10 bits per heavy atom. The van der Waals surface area contributed by atoms with Crippen LogP contribution in [0.3, 0.4) is 0 Å². The van der Waals surface area contributed by atoms with Gasteiger partial charge in [0.05, 0.1) is 10.0 Å². The first-order valence-corrected chi connectivity index (χ1v) is 8.16. The molecule has 0 fully saturated rings. The molecule has 0 heterocycles. The smallest absolute Gasteiger partial charge is 0.0640 e. The molecule has 3 heteroatoms. The Morgan fingerprint density at radius 2 is 1.90 bits per heavy atom. The molecule has 0 spiro atoms. The summed E-state index contributed by atoms with van der Waals surface area (Å²) >= 11 is 12.5. The van der Waals surface area contributed by atoms with Gasteiger partial charge in [0.25, 0.3) is 0 Å². The lowest BCUT2D eigenvalue weighted by Crippen LogP contribution is -2.19.